The van der Waals surface area contributed by atoms with E-state index < -0.39 is 19.8 Å². The lowest BCUT2D eigenvalue weighted by Gasteiger charge is -2.18. The molecule has 0 aromatic heterocycles. The Labute approximate surface area is 225 Å². The summed E-state index contributed by atoms with van der Waals surface area (Å²) in [4.78, 5) is 23.2. The van der Waals surface area contributed by atoms with Crippen LogP contribution in [0.4, 0.5) is 0 Å². The fourth-order valence-corrected chi connectivity index (χ4v) is 6.33. The number of aliphatic carboxylic acids is 1. The zero-order valence-corrected chi connectivity index (χ0v) is 22.0. The van der Waals surface area contributed by atoms with Crippen molar-refractivity contribution in [3.05, 3.63) is 162 Å². The SMILES string of the molecule is CC(C(=O)O)c1cccc(C(=O)c2ccccc2)c1.c1ccc(P(c2ccccc2)c2ccccc2)cc1. The number of hydrogen-bond donors (Lipinski definition) is 1. The van der Waals surface area contributed by atoms with Gasteiger partial charge in [0.2, 0.25) is 0 Å². The molecule has 0 aliphatic heterocycles. The second-order valence-electron chi connectivity index (χ2n) is 8.72. The largest absolute Gasteiger partial charge is 0.481 e. The first-order valence-corrected chi connectivity index (χ1v) is 13.8. The molecule has 38 heavy (non-hydrogen) atoms. The van der Waals surface area contributed by atoms with Crippen molar-refractivity contribution in [2.75, 3.05) is 0 Å². The minimum Gasteiger partial charge on any atom is -0.481 e. The summed E-state index contributed by atoms with van der Waals surface area (Å²) in [6, 6.07) is 48.1. The molecule has 0 saturated heterocycles. The molecule has 1 N–H and O–H groups in total. The van der Waals surface area contributed by atoms with Crippen molar-refractivity contribution in [1.82, 2.24) is 0 Å². The van der Waals surface area contributed by atoms with Gasteiger partial charge >= 0.3 is 5.97 Å². The Kier molecular flexibility index (Phi) is 9.34. The Balaban J connectivity index is 0.000000177. The molecule has 0 aliphatic rings. The highest BCUT2D eigenvalue weighted by molar-refractivity contribution is 7.79. The number of ketones is 1. The molecule has 5 rings (SSSR count). The molecule has 5 aromatic rings. The number of rotatable bonds is 7. The summed E-state index contributed by atoms with van der Waals surface area (Å²) in [6.07, 6.45) is 0. The predicted octanol–water partition coefficient (Wildman–Crippen LogP) is 6.55. The smallest absolute Gasteiger partial charge is 0.310 e. The number of carbonyl (C=O) groups is 2. The Bertz CT molecular complexity index is 1360. The number of carbonyl (C=O) groups excluding carboxylic acids is 1. The third kappa shape index (κ3) is 6.91. The third-order valence-electron chi connectivity index (χ3n) is 6.10. The molecular weight excluding hydrogens is 487 g/mol. The lowest BCUT2D eigenvalue weighted by atomic mass is 9.96. The normalized spacial score (nSPS) is 11.2. The van der Waals surface area contributed by atoms with Gasteiger partial charge in [-0.05, 0) is 42.4 Å². The van der Waals surface area contributed by atoms with Crippen molar-refractivity contribution < 1.29 is 14.7 Å². The van der Waals surface area contributed by atoms with Gasteiger partial charge in [-0.3, -0.25) is 9.59 Å². The first-order chi connectivity index (χ1) is 18.5. The molecule has 0 amide bonds. The second kappa shape index (κ2) is 13.3. The minimum absolute atomic E-state index is 0.0972. The van der Waals surface area contributed by atoms with Crippen molar-refractivity contribution in [3.8, 4) is 0 Å². The van der Waals surface area contributed by atoms with Gasteiger partial charge in [-0.15, -0.1) is 0 Å². The highest BCUT2D eigenvalue weighted by Crippen LogP contribution is 2.32. The molecule has 0 radical (unpaired) electrons. The van der Waals surface area contributed by atoms with Gasteiger partial charge in [0.25, 0.3) is 0 Å². The van der Waals surface area contributed by atoms with E-state index in [4.69, 9.17) is 5.11 Å². The summed E-state index contributed by atoms with van der Waals surface area (Å²) >= 11 is 0. The summed E-state index contributed by atoms with van der Waals surface area (Å²) in [5.41, 5.74) is 1.74. The number of carboxylic acid groups (broad SMARTS) is 1. The van der Waals surface area contributed by atoms with Crippen LogP contribution in [0.5, 0.6) is 0 Å². The molecule has 4 heteroatoms. The van der Waals surface area contributed by atoms with Crippen molar-refractivity contribution in [3.63, 3.8) is 0 Å². The van der Waals surface area contributed by atoms with E-state index in [0.29, 0.717) is 16.7 Å². The summed E-state index contributed by atoms with van der Waals surface area (Å²) < 4.78 is 0. The zero-order valence-electron chi connectivity index (χ0n) is 21.1. The number of hydrogen-bond acceptors (Lipinski definition) is 2. The van der Waals surface area contributed by atoms with Gasteiger partial charge in [0.05, 0.1) is 5.92 Å². The van der Waals surface area contributed by atoms with Crippen LogP contribution in [0, 0.1) is 0 Å². The van der Waals surface area contributed by atoms with Crippen molar-refractivity contribution in [2.24, 2.45) is 0 Å². The van der Waals surface area contributed by atoms with Crippen LogP contribution in [0.2, 0.25) is 0 Å². The molecule has 1 atom stereocenters. The maximum atomic E-state index is 12.2. The molecule has 0 fully saturated rings. The highest BCUT2D eigenvalue weighted by Gasteiger charge is 2.16. The van der Waals surface area contributed by atoms with Crippen LogP contribution in [0.15, 0.2) is 146 Å². The van der Waals surface area contributed by atoms with Crippen LogP contribution in [-0.4, -0.2) is 16.9 Å². The Hall–Kier alpha value is -4.33. The monoisotopic (exact) mass is 516 g/mol. The van der Waals surface area contributed by atoms with Crippen LogP contribution in [-0.2, 0) is 4.79 Å². The Morgan fingerprint density at radius 2 is 0.947 bits per heavy atom. The summed E-state index contributed by atoms with van der Waals surface area (Å²) in [6.45, 7) is 1.61. The lowest BCUT2D eigenvalue weighted by Crippen LogP contribution is -2.20. The van der Waals surface area contributed by atoms with Crippen LogP contribution < -0.4 is 15.9 Å². The van der Waals surface area contributed by atoms with Gasteiger partial charge in [-0.1, -0.05) is 140 Å². The maximum Gasteiger partial charge on any atom is 0.310 e. The van der Waals surface area contributed by atoms with Gasteiger partial charge in [0, 0.05) is 11.1 Å². The molecule has 1 unspecified atom stereocenters. The van der Waals surface area contributed by atoms with Gasteiger partial charge < -0.3 is 5.11 Å². The molecule has 0 saturated carbocycles. The van der Waals surface area contributed by atoms with E-state index in [9.17, 15) is 9.59 Å². The fraction of sp³-hybridized carbons (Fsp3) is 0.0588. The van der Waals surface area contributed by atoms with E-state index in [-0.39, 0.29) is 5.78 Å². The van der Waals surface area contributed by atoms with E-state index in [0.717, 1.165) is 0 Å². The average molecular weight is 517 g/mol. The third-order valence-corrected chi connectivity index (χ3v) is 8.54. The Morgan fingerprint density at radius 3 is 1.37 bits per heavy atom. The number of carboxylic acids is 1. The first-order valence-electron chi connectivity index (χ1n) is 12.4. The predicted molar refractivity (Wildman–Crippen MR) is 158 cm³/mol. The second-order valence-corrected chi connectivity index (χ2v) is 10.9. The van der Waals surface area contributed by atoms with Crippen LogP contribution in [0.25, 0.3) is 0 Å². The molecule has 3 nitrogen and oxygen atoms in total. The minimum atomic E-state index is -0.899. The van der Waals surface area contributed by atoms with Gasteiger partial charge in [0.1, 0.15) is 0 Å². The van der Waals surface area contributed by atoms with E-state index in [2.05, 4.69) is 91.0 Å². The van der Waals surface area contributed by atoms with Crippen LogP contribution >= 0.6 is 7.92 Å². The number of benzene rings is 5. The zero-order chi connectivity index (χ0) is 26.7. The van der Waals surface area contributed by atoms with Gasteiger partial charge in [-0.25, -0.2) is 0 Å². The molecule has 0 spiro atoms. The van der Waals surface area contributed by atoms with Crippen LogP contribution in [0.3, 0.4) is 0 Å². The molecule has 188 valence electrons. The summed E-state index contributed by atoms with van der Waals surface area (Å²) in [5.74, 6) is -1.62. The van der Waals surface area contributed by atoms with E-state index in [1.165, 1.54) is 15.9 Å². The lowest BCUT2D eigenvalue weighted by molar-refractivity contribution is -0.138. The Morgan fingerprint density at radius 1 is 0.553 bits per heavy atom. The van der Waals surface area contributed by atoms with Gasteiger partial charge in [-0.2, -0.15) is 0 Å². The summed E-state index contributed by atoms with van der Waals surface area (Å²) in [5, 5.41) is 13.2. The van der Waals surface area contributed by atoms with Crippen molar-refractivity contribution >= 4 is 35.6 Å². The van der Waals surface area contributed by atoms with E-state index in [1.807, 2.05) is 6.07 Å². The molecule has 0 bridgehead atoms. The van der Waals surface area contributed by atoms with Crippen LogP contribution in [0.1, 0.15) is 34.3 Å². The average Bonchev–Trinajstić information content (AvgIpc) is 2.99. The topological polar surface area (TPSA) is 54.4 Å². The van der Waals surface area contributed by atoms with E-state index in [1.54, 1.807) is 55.5 Å². The summed E-state index contributed by atoms with van der Waals surface area (Å²) in [7, 11) is -0.446. The van der Waals surface area contributed by atoms with Crippen molar-refractivity contribution in [1.29, 1.82) is 0 Å². The standard InChI is InChI=1S/C18H15P.C16H14O3/c1-4-10-16(11-5-1)19(17-12-6-2-7-13-17)18-14-8-3-9-15-18;1-11(16(18)19)13-8-5-9-14(10-13)15(17)12-6-3-2-4-7-12/h1-15H;2-11H,1H3,(H,18,19). The quantitative estimate of drug-likeness (QED) is 0.197. The van der Waals surface area contributed by atoms with E-state index >= 15 is 0 Å². The maximum absolute atomic E-state index is 12.2. The first kappa shape index (κ1) is 26.7. The molecular formula is C34H29O3P. The fourth-order valence-electron chi connectivity index (χ4n) is 4.03. The molecule has 0 heterocycles. The molecule has 0 aliphatic carbocycles. The van der Waals surface area contributed by atoms with Gasteiger partial charge in [0.15, 0.2) is 5.78 Å². The highest BCUT2D eigenvalue weighted by atomic mass is 31.1. The molecule has 5 aromatic carbocycles. The van der Waals surface area contributed by atoms with Crippen molar-refractivity contribution in [2.45, 2.75) is 12.8 Å².